The maximum atomic E-state index is 12.6. The number of benzene rings is 2. The average molecular weight is 280 g/mol. The zero-order valence-electron chi connectivity index (χ0n) is 12.0. The van der Waals surface area contributed by atoms with E-state index in [9.17, 15) is 14.7 Å². The smallest absolute Gasteiger partial charge is 0.198 e. The Morgan fingerprint density at radius 3 is 2.14 bits per heavy atom. The number of ketones is 2. The van der Waals surface area contributed by atoms with Crippen LogP contribution in [0.25, 0.3) is 0 Å². The van der Waals surface area contributed by atoms with Gasteiger partial charge in [0.05, 0.1) is 5.56 Å². The summed E-state index contributed by atoms with van der Waals surface area (Å²) in [6.07, 6.45) is 0.669. The van der Waals surface area contributed by atoms with Gasteiger partial charge in [0.2, 0.25) is 0 Å². The zero-order chi connectivity index (χ0) is 15.1. The van der Waals surface area contributed by atoms with Crippen LogP contribution >= 0.6 is 0 Å². The van der Waals surface area contributed by atoms with Crippen LogP contribution < -0.4 is 0 Å². The topological polar surface area (TPSA) is 54.4 Å². The maximum absolute atomic E-state index is 12.6. The quantitative estimate of drug-likeness (QED) is 0.783. The van der Waals surface area contributed by atoms with Gasteiger partial charge in [0.15, 0.2) is 11.6 Å². The number of phenols is 1. The fraction of sp³-hybridized carbons (Fsp3) is 0.222. The molecule has 0 unspecified atom stereocenters. The third kappa shape index (κ3) is 2.05. The van der Waals surface area contributed by atoms with Crippen molar-refractivity contribution < 1.29 is 14.7 Å². The fourth-order valence-electron chi connectivity index (χ4n) is 2.82. The number of hydrogen-bond donors (Lipinski definition) is 1. The summed E-state index contributed by atoms with van der Waals surface area (Å²) in [7, 11) is 0. The molecule has 0 heterocycles. The van der Waals surface area contributed by atoms with Crippen LogP contribution in [0.2, 0.25) is 0 Å². The fourth-order valence-corrected chi connectivity index (χ4v) is 2.82. The van der Waals surface area contributed by atoms with Crippen molar-refractivity contribution in [2.24, 2.45) is 5.92 Å². The van der Waals surface area contributed by atoms with E-state index in [-0.39, 0.29) is 22.9 Å². The number of rotatable bonds is 2. The number of carbonyl (C=O) groups is 2. The molecule has 3 nitrogen and oxygen atoms in total. The van der Waals surface area contributed by atoms with Crippen molar-refractivity contribution in [3.05, 3.63) is 64.2 Å². The lowest BCUT2D eigenvalue weighted by atomic mass is 9.82. The minimum absolute atomic E-state index is 0.0472. The highest BCUT2D eigenvalue weighted by molar-refractivity contribution is 6.29. The van der Waals surface area contributed by atoms with Crippen molar-refractivity contribution in [3.8, 4) is 5.75 Å². The summed E-state index contributed by atoms with van der Waals surface area (Å²) < 4.78 is 0. The van der Waals surface area contributed by atoms with E-state index in [1.165, 1.54) is 0 Å². The van der Waals surface area contributed by atoms with Gasteiger partial charge < -0.3 is 5.11 Å². The molecule has 3 heteroatoms. The molecule has 0 bridgehead atoms. The molecule has 0 aliphatic heterocycles. The molecule has 2 aromatic rings. The maximum Gasteiger partial charge on any atom is 0.198 e. The van der Waals surface area contributed by atoms with Crippen molar-refractivity contribution in [2.45, 2.75) is 20.3 Å². The van der Waals surface area contributed by atoms with Crippen LogP contribution in [0.3, 0.4) is 0 Å². The first-order chi connectivity index (χ1) is 10.0. The predicted molar refractivity (Wildman–Crippen MR) is 80.0 cm³/mol. The Balaban J connectivity index is 2.21. The highest BCUT2D eigenvalue weighted by atomic mass is 16.3. The molecule has 3 rings (SSSR count). The van der Waals surface area contributed by atoms with Crippen LogP contribution in [0.5, 0.6) is 5.75 Å². The third-order valence-electron chi connectivity index (χ3n) is 3.78. The van der Waals surface area contributed by atoms with Gasteiger partial charge in [0.25, 0.3) is 0 Å². The second-order valence-electron chi connectivity index (χ2n) is 5.80. The molecule has 1 N–H and O–H groups in total. The molecule has 21 heavy (non-hydrogen) atoms. The highest BCUT2D eigenvalue weighted by Gasteiger charge is 2.32. The van der Waals surface area contributed by atoms with Gasteiger partial charge in [-0.1, -0.05) is 44.2 Å². The largest absolute Gasteiger partial charge is 0.507 e. The summed E-state index contributed by atoms with van der Waals surface area (Å²) >= 11 is 0. The van der Waals surface area contributed by atoms with Gasteiger partial charge >= 0.3 is 0 Å². The van der Waals surface area contributed by atoms with Gasteiger partial charge in [-0.25, -0.2) is 0 Å². The molecule has 106 valence electrons. The van der Waals surface area contributed by atoms with Crippen molar-refractivity contribution in [1.29, 1.82) is 0 Å². The predicted octanol–water partition coefficient (Wildman–Crippen LogP) is 3.37. The van der Waals surface area contributed by atoms with E-state index in [0.29, 0.717) is 34.6 Å². The first-order valence-electron chi connectivity index (χ1n) is 7.04. The van der Waals surface area contributed by atoms with E-state index in [1.807, 2.05) is 13.8 Å². The molecular formula is C18H16O3. The van der Waals surface area contributed by atoms with Crippen molar-refractivity contribution >= 4 is 11.6 Å². The zero-order valence-corrected chi connectivity index (χ0v) is 12.0. The third-order valence-corrected chi connectivity index (χ3v) is 3.78. The minimum atomic E-state index is -0.275. The van der Waals surface area contributed by atoms with E-state index >= 15 is 0 Å². The first kappa shape index (κ1) is 13.6. The second kappa shape index (κ2) is 4.85. The van der Waals surface area contributed by atoms with Crippen LogP contribution in [0.4, 0.5) is 0 Å². The van der Waals surface area contributed by atoms with E-state index in [4.69, 9.17) is 0 Å². The van der Waals surface area contributed by atoms with Crippen molar-refractivity contribution in [1.82, 2.24) is 0 Å². The number of phenolic OH excluding ortho intramolecular Hbond substituents is 1. The Morgan fingerprint density at radius 2 is 1.52 bits per heavy atom. The second-order valence-corrected chi connectivity index (χ2v) is 5.80. The van der Waals surface area contributed by atoms with E-state index in [1.54, 1.807) is 36.4 Å². The molecule has 0 amide bonds. The minimum Gasteiger partial charge on any atom is -0.507 e. The number of aromatic hydroxyl groups is 1. The first-order valence-corrected chi connectivity index (χ1v) is 7.04. The summed E-state index contributed by atoms with van der Waals surface area (Å²) in [4.78, 5) is 25.1. The summed E-state index contributed by atoms with van der Waals surface area (Å²) in [5.74, 6) is -0.167. The molecule has 0 atom stereocenters. The molecule has 1 aliphatic carbocycles. The molecule has 0 aromatic heterocycles. The normalized spacial score (nSPS) is 13.3. The van der Waals surface area contributed by atoms with Gasteiger partial charge in [0.1, 0.15) is 5.75 Å². The van der Waals surface area contributed by atoms with Crippen LogP contribution in [0.15, 0.2) is 36.4 Å². The Hall–Kier alpha value is -2.42. The SMILES string of the molecule is CC(C)Cc1ccc2c(c1O)C(=O)c1ccccc1C2=O. The summed E-state index contributed by atoms with van der Waals surface area (Å²) in [6, 6.07) is 10.1. The molecule has 0 saturated carbocycles. The highest BCUT2D eigenvalue weighted by Crippen LogP contribution is 2.35. The van der Waals surface area contributed by atoms with E-state index < -0.39 is 0 Å². The molecule has 2 aromatic carbocycles. The Morgan fingerprint density at radius 1 is 0.905 bits per heavy atom. The van der Waals surface area contributed by atoms with Crippen LogP contribution in [0, 0.1) is 5.92 Å². The van der Waals surface area contributed by atoms with Gasteiger partial charge in [-0.2, -0.15) is 0 Å². The van der Waals surface area contributed by atoms with Gasteiger partial charge in [0, 0.05) is 16.7 Å². The van der Waals surface area contributed by atoms with Crippen molar-refractivity contribution in [3.63, 3.8) is 0 Å². The summed E-state index contributed by atoms with van der Waals surface area (Å²) in [6.45, 7) is 4.09. The lowest BCUT2D eigenvalue weighted by Crippen LogP contribution is -2.21. The molecule has 0 spiro atoms. The Bertz CT molecular complexity index is 757. The lowest BCUT2D eigenvalue weighted by molar-refractivity contribution is 0.0976. The number of carbonyl (C=O) groups excluding carboxylic acids is 2. The lowest BCUT2D eigenvalue weighted by Gasteiger charge is -2.20. The van der Waals surface area contributed by atoms with E-state index in [0.717, 1.165) is 0 Å². The number of hydrogen-bond acceptors (Lipinski definition) is 3. The van der Waals surface area contributed by atoms with Crippen LogP contribution in [-0.4, -0.2) is 16.7 Å². The molecule has 0 fully saturated rings. The monoisotopic (exact) mass is 280 g/mol. The molecule has 0 radical (unpaired) electrons. The summed E-state index contributed by atoms with van der Waals surface area (Å²) in [5, 5.41) is 10.4. The van der Waals surface area contributed by atoms with Gasteiger partial charge in [-0.3, -0.25) is 9.59 Å². The molecular weight excluding hydrogens is 264 g/mol. The van der Waals surface area contributed by atoms with E-state index in [2.05, 4.69) is 0 Å². The molecule has 1 aliphatic rings. The van der Waals surface area contributed by atoms with Gasteiger partial charge in [-0.05, 0) is 24.0 Å². The standard InChI is InChI=1S/C18H16O3/c1-10(2)9-11-7-8-14-15(16(11)19)18(21)13-6-4-3-5-12(13)17(14)20/h3-8,10,19H,9H2,1-2H3. The Kier molecular flexibility index (Phi) is 3.13. The Labute approximate surface area is 123 Å². The summed E-state index contributed by atoms with van der Waals surface area (Å²) in [5.41, 5.74) is 1.93. The molecule has 0 saturated heterocycles. The van der Waals surface area contributed by atoms with Crippen molar-refractivity contribution in [2.75, 3.05) is 0 Å². The van der Waals surface area contributed by atoms with Gasteiger partial charge in [-0.15, -0.1) is 0 Å². The van der Waals surface area contributed by atoms with Crippen LogP contribution in [-0.2, 0) is 6.42 Å². The average Bonchev–Trinajstić information content (AvgIpc) is 2.46. The van der Waals surface area contributed by atoms with Crippen LogP contribution in [0.1, 0.15) is 51.3 Å². The number of fused-ring (bicyclic) bond motifs is 2.